The molecule has 1 fully saturated rings. The number of ether oxygens (including phenoxy) is 1. The molecule has 0 aliphatic carbocycles. The Morgan fingerprint density at radius 3 is 2.52 bits per heavy atom. The number of para-hydroxylation sites is 1. The van der Waals surface area contributed by atoms with Crippen molar-refractivity contribution in [1.29, 1.82) is 0 Å². The quantitative estimate of drug-likeness (QED) is 0.623. The number of carboxylic acids is 1. The highest BCUT2D eigenvalue weighted by molar-refractivity contribution is 5.81. The summed E-state index contributed by atoms with van der Waals surface area (Å²) in [4.78, 5) is 24.0. The van der Waals surface area contributed by atoms with Gasteiger partial charge in [0.05, 0.1) is 6.61 Å². The van der Waals surface area contributed by atoms with Crippen molar-refractivity contribution < 1.29 is 37.0 Å². The van der Waals surface area contributed by atoms with Gasteiger partial charge in [0.25, 0.3) is 0 Å². The number of carboxylic acid groups (broad SMARTS) is 1. The van der Waals surface area contributed by atoms with E-state index in [1.807, 2.05) is 0 Å². The SMILES string of the molecule is O=C(CCCOc1ccccc1F)N1CCC(C(=O)O)(C(F)(F)F)C1. The Kier molecular flexibility index (Phi) is 5.54. The third-order valence-corrected chi connectivity index (χ3v) is 4.20. The molecule has 1 aromatic rings. The van der Waals surface area contributed by atoms with Crippen LogP contribution in [0.5, 0.6) is 5.75 Å². The van der Waals surface area contributed by atoms with Crippen molar-refractivity contribution in [2.45, 2.75) is 25.4 Å². The summed E-state index contributed by atoms with van der Waals surface area (Å²) in [6.07, 6.45) is -5.52. The fraction of sp³-hybridized carbons (Fsp3) is 0.500. The highest BCUT2D eigenvalue weighted by atomic mass is 19.4. The largest absolute Gasteiger partial charge is 0.491 e. The summed E-state index contributed by atoms with van der Waals surface area (Å²) in [7, 11) is 0. The number of hydrogen-bond donors (Lipinski definition) is 1. The lowest BCUT2D eigenvalue weighted by Crippen LogP contribution is -2.47. The standard InChI is InChI=1S/C16H17F4NO4/c17-11-4-1-2-5-12(11)25-9-3-6-13(22)21-8-7-15(10-21,14(23)24)16(18,19)20/h1-2,4-5H,3,6-10H2,(H,23,24). The summed E-state index contributed by atoms with van der Waals surface area (Å²) < 4.78 is 57.7. The van der Waals surface area contributed by atoms with E-state index < -0.39 is 42.3 Å². The number of rotatable bonds is 6. The monoisotopic (exact) mass is 363 g/mol. The molecule has 1 aliphatic rings. The Morgan fingerprint density at radius 1 is 1.28 bits per heavy atom. The van der Waals surface area contributed by atoms with Crippen molar-refractivity contribution in [3.63, 3.8) is 0 Å². The number of hydrogen-bond acceptors (Lipinski definition) is 3. The van der Waals surface area contributed by atoms with Crippen molar-refractivity contribution in [2.24, 2.45) is 5.41 Å². The first kappa shape index (κ1) is 19.0. The molecular weight excluding hydrogens is 346 g/mol. The number of carbonyl (C=O) groups is 2. The molecule has 1 heterocycles. The van der Waals surface area contributed by atoms with Gasteiger partial charge in [-0.2, -0.15) is 13.2 Å². The van der Waals surface area contributed by atoms with Crippen LogP contribution < -0.4 is 4.74 Å². The van der Waals surface area contributed by atoms with Crippen LogP contribution in [0.4, 0.5) is 17.6 Å². The minimum atomic E-state index is -4.93. The van der Waals surface area contributed by atoms with Crippen molar-refractivity contribution in [2.75, 3.05) is 19.7 Å². The van der Waals surface area contributed by atoms with Crippen LogP contribution >= 0.6 is 0 Å². The van der Waals surface area contributed by atoms with Crippen LogP contribution in [-0.2, 0) is 9.59 Å². The van der Waals surface area contributed by atoms with Crippen LogP contribution in [0.15, 0.2) is 24.3 Å². The normalized spacial score (nSPS) is 20.6. The predicted molar refractivity (Wildman–Crippen MR) is 78.4 cm³/mol. The molecule has 0 saturated carbocycles. The first-order valence-electron chi connectivity index (χ1n) is 7.62. The maximum absolute atomic E-state index is 13.3. The topological polar surface area (TPSA) is 66.8 Å². The van der Waals surface area contributed by atoms with E-state index in [1.54, 1.807) is 6.07 Å². The maximum Gasteiger partial charge on any atom is 0.406 e. The molecule has 1 aliphatic heterocycles. The smallest absolute Gasteiger partial charge is 0.406 e. The molecule has 0 radical (unpaired) electrons. The summed E-state index contributed by atoms with van der Waals surface area (Å²) in [5.74, 6) is -3.08. The first-order chi connectivity index (χ1) is 11.7. The number of alkyl halides is 3. The summed E-state index contributed by atoms with van der Waals surface area (Å²) in [6.45, 7) is -1.14. The maximum atomic E-state index is 13.3. The van der Waals surface area contributed by atoms with Crippen LogP contribution in [0.2, 0.25) is 0 Å². The second-order valence-corrected chi connectivity index (χ2v) is 5.83. The van der Waals surface area contributed by atoms with E-state index >= 15 is 0 Å². The lowest BCUT2D eigenvalue weighted by atomic mass is 9.86. The Bertz CT molecular complexity index is 649. The molecule has 138 valence electrons. The third-order valence-electron chi connectivity index (χ3n) is 4.20. The van der Waals surface area contributed by atoms with Crippen LogP contribution in [0.3, 0.4) is 0 Å². The van der Waals surface area contributed by atoms with E-state index in [0.717, 1.165) is 4.90 Å². The van der Waals surface area contributed by atoms with E-state index in [2.05, 4.69) is 0 Å². The van der Waals surface area contributed by atoms with Crippen molar-refractivity contribution in [3.05, 3.63) is 30.1 Å². The number of halogens is 4. The highest BCUT2D eigenvalue weighted by Gasteiger charge is 2.64. The molecule has 1 aromatic carbocycles. The summed E-state index contributed by atoms with van der Waals surface area (Å²) in [5, 5.41) is 8.95. The Morgan fingerprint density at radius 2 is 1.96 bits per heavy atom. The second kappa shape index (κ2) is 7.28. The van der Waals surface area contributed by atoms with Crippen LogP contribution in [0.1, 0.15) is 19.3 Å². The fourth-order valence-corrected chi connectivity index (χ4v) is 2.68. The summed E-state index contributed by atoms with van der Waals surface area (Å²) >= 11 is 0. The van der Waals surface area contributed by atoms with Crippen molar-refractivity contribution in [1.82, 2.24) is 4.90 Å². The van der Waals surface area contributed by atoms with E-state index in [4.69, 9.17) is 9.84 Å². The van der Waals surface area contributed by atoms with Gasteiger partial charge in [-0.3, -0.25) is 9.59 Å². The number of aliphatic carboxylic acids is 1. The minimum Gasteiger partial charge on any atom is -0.491 e. The lowest BCUT2D eigenvalue weighted by molar-refractivity contribution is -0.227. The number of benzene rings is 1. The molecule has 0 spiro atoms. The van der Waals surface area contributed by atoms with Crippen LogP contribution in [0.25, 0.3) is 0 Å². The molecule has 2 rings (SSSR count). The summed E-state index contributed by atoms with van der Waals surface area (Å²) in [5.41, 5.74) is -2.91. The van der Waals surface area contributed by atoms with Crippen molar-refractivity contribution in [3.8, 4) is 5.75 Å². The van der Waals surface area contributed by atoms with E-state index in [1.165, 1.54) is 18.2 Å². The minimum absolute atomic E-state index is 0.0177. The fourth-order valence-electron chi connectivity index (χ4n) is 2.68. The second-order valence-electron chi connectivity index (χ2n) is 5.83. The Hall–Kier alpha value is -2.32. The molecule has 1 atom stereocenters. The Labute approximate surface area is 141 Å². The molecule has 1 N–H and O–H groups in total. The molecule has 25 heavy (non-hydrogen) atoms. The Balaban J connectivity index is 1.84. The third kappa shape index (κ3) is 4.02. The lowest BCUT2D eigenvalue weighted by Gasteiger charge is -2.27. The zero-order valence-electron chi connectivity index (χ0n) is 13.2. The van der Waals surface area contributed by atoms with Crippen LogP contribution in [0, 0.1) is 11.2 Å². The van der Waals surface area contributed by atoms with Gasteiger partial charge in [-0.25, -0.2) is 4.39 Å². The highest BCUT2D eigenvalue weighted by Crippen LogP contribution is 2.45. The van der Waals surface area contributed by atoms with Gasteiger partial charge in [0, 0.05) is 19.5 Å². The van der Waals surface area contributed by atoms with Gasteiger partial charge >= 0.3 is 12.1 Å². The first-order valence-corrected chi connectivity index (χ1v) is 7.62. The predicted octanol–water partition coefficient (Wildman–Crippen LogP) is 2.85. The number of likely N-dealkylation sites (tertiary alicyclic amines) is 1. The van der Waals surface area contributed by atoms with Gasteiger partial charge in [-0.15, -0.1) is 0 Å². The van der Waals surface area contributed by atoms with E-state index in [0.29, 0.717) is 0 Å². The zero-order valence-corrected chi connectivity index (χ0v) is 13.2. The molecule has 5 nitrogen and oxygen atoms in total. The zero-order chi connectivity index (χ0) is 18.7. The number of carbonyl (C=O) groups excluding carboxylic acids is 1. The molecule has 1 amide bonds. The average molecular weight is 363 g/mol. The van der Waals surface area contributed by atoms with Gasteiger partial charge in [0.15, 0.2) is 17.0 Å². The molecule has 1 unspecified atom stereocenters. The van der Waals surface area contributed by atoms with Crippen LogP contribution in [-0.4, -0.2) is 47.8 Å². The van der Waals surface area contributed by atoms with Gasteiger partial charge in [0.1, 0.15) is 0 Å². The average Bonchev–Trinajstić information content (AvgIpc) is 2.99. The molecule has 0 bridgehead atoms. The van der Waals surface area contributed by atoms with E-state index in [9.17, 15) is 27.2 Å². The molecule has 0 aromatic heterocycles. The van der Waals surface area contributed by atoms with Gasteiger partial charge < -0.3 is 14.7 Å². The number of amides is 1. The molecule has 9 heteroatoms. The van der Waals surface area contributed by atoms with Gasteiger partial charge in [0.2, 0.25) is 5.91 Å². The van der Waals surface area contributed by atoms with Crippen molar-refractivity contribution >= 4 is 11.9 Å². The number of nitrogens with zero attached hydrogens (tertiary/aromatic N) is 1. The summed E-state index contributed by atoms with van der Waals surface area (Å²) in [6, 6.07) is 5.71. The van der Waals surface area contributed by atoms with Gasteiger partial charge in [-0.05, 0) is 25.0 Å². The van der Waals surface area contributed by atoms with Gasteiger partial charge in [-0.1, -0.05) is 12.1 Å². The molecular formula is C16H17F4NO4. The molecule has 1 saturated heterocycles. The van der Waals surface area contributed by atoms with E-state index in [-0.39, 0.29) is 31.7 Å².